The number of pyridine rings is 1. The molecule has 0 saturated carbocycles. The zero-order valence-electron chi connectivity index (χ0n) is 14.7. The first-order valence-electron chi connectivity index (χ1n) is 8.46. The Bertz CT molecular complexity index is 852. The topological polar surface area (TPSA) is 69.9 Å². The molecule has 7 heteroatoms. The first-order valence-corrected chi connectivity index (χ1v) is 9.34. The second-order valence-electron chi connectivity index (χ2n) is 5.45. The van der Waals surface area contributed by atoms with Gasteiger partial charge in [-0.25, -0.2) is 0 Å². The van der Waals surface area contributed by atoms with Crippen LogP contribution in [0.5, 0.6) is 0 Å². The van der Waals surface area contributed by atoms with Crippen molar-refractivity contribution in [2.24, 2.45) is 0 Å². The van der Waals surface area contributed by atoms with Gasteiger partial charge in [-0.05, 0) is 31.5 Å². The third kappa shape index (κ3) is 3.94. The van der Waals surface area contributed by atoms with Gasteiger partial charge >= 0.3 is 5.97 Å². The molecule has 134 valence electrons. The largest absolute Gasteiger partial charge is 0.465 e. The standard InChI is InChI=1S/C19H20N4O2S/c1-3-23-17(15-10-12-20-13-11-15)21-22-19(23)26-16(18(24)25-4-2)14-8-6-5-7-9-14/h5-13,16H,3-4H2,1-2H3. The van der Waals surface area contributed by atoms with Crippen molar-refractivity contribution >= 4 is 17.7 Å². The molecule has 0 radical (unpaired) electrons. The summed E-state index contributed by atoms with van der Waals surface area (Å²) >= 11 is 1.36. The summed E-state index contributed by atoms with van der Waals surface area (Å²) in [5.74, 6) is 0.480. The molecule has 2 heterocycles. The van der Waals surface area contributed by atoms with E-state index in [0.717, 1.165) is 17.0 Å². The van der Waals surface area contributed by atoms with E-state index in [0.29, 0.717) is 18.3 Å². The van der Waals surface area contributed by atoms with Crippen LogP contribution in [0, 0.1) is 0 Å². The van der Waals surface area contributed by atoms with Crippen molar-refractivity contribution in [1.82, 2.24) is 19.7 Å². The summed E-state index contributed by atoms with van der Waals surface area (Å²) < 4.78 is 7.27. The minimum Gasteiger partial charge on any atom is -0.465 e. The van der Waals surface area contributed by atoms with Crippen molar-refractivity contribution in [3.63, 3.8) is 0 Å². The third-order valence-corrected chi connectivity index (χ3v) is 5.01. The summed E-state index contributed by atoms with van der Waals surface area (Å²) in [4.78, 5) is 16.6. The summed E-state index contributed by atoms with van der Waals surface area (Å²) in [5, 5.41) is 8.83. The first kappa shape index (κ1) is 18.1. The van der Waals surface area contributed by atoms with E-state index in [4.69, 9.17) is 4.74 Å². The van der Waals surface area contributed by atoms with E-state index in [1.165, 1.54) is 11.8 Å². The van der Waals surface area contributed by atoms with Crippen molar-refractivity contribution < 1.29 is 9.53 Å². The van der Waals surface area contributed by atoms with Crippen LogP contribution >= 0.6 is 11.8 Å². The van der Waals surface area contributed by atoms with Crippen LogP contribution in [0.25, 0.3) is 11.4 Å². The van der Waals surface area contributed by atoms with Gasteiger partial charge in [-0.2, -0.15) is 0 Å². The lowest BCUT2D eigenvalue weighted by Crippen LogP contribution is -2.14. The minimum atomic E-state index is -0.490. The van der Waals surface area contributed by atoms with Crippen molar-refractivity contribution in [3.05, 3.63) is 60.4 Å². The Balaban J connectivity index is 1.94. The van der Waals surface area contributed by atoms with Gasteiger partial charge in [0.25, 0.3) is 0 Å². The van der Waals surface area contributed by atoms with Crippen LogP contribution in [-0.4, -0.2) is 32.3 Å². The molecule has 0 amide bonds. The van der Waals surface area contributed by atoms with Crippen LogP contribution < -0.4 is 0 Å². The van der Waals surface area contributed by atoms with Crippen LogP contribution in [0.2, 0.25) is 0 Å². The number of hydrogen-bond donors (Lipinski definition) is 0. The van der Waals surface area contributed by atoms with Crippen LogP contribution in [-0.2, 0) is 16.1 Å². The van der Waals surface area contributed by atoms with E-state index in [2.05, 4.69) is 15.2 Å². The molecule has 1 aromatic carbocycles. The molecule has 2 aromatic heterocycles. The highest BCUT2D eigenvalue weighted by Gasteiger charge is 2.26. The van der Waals surface area contributed by atoms with Gasteiger partial charge in [-0.1, -0.05) is 42.1 Å². The van der Waals surface area contributed by atoms with Gasteiger partial charge in [0.2, 0.25) is 0 Å². The zero-order valence-corrected chi connectivity index (χ0v) is 15.5. The SMILES string of the molecule is CCOC(=O)C(Sc1nnc(-c2ccncc2)n1CC)c1ccccc1. The Labute approximate surface area is 156 Å². The maximum absolute atomic E-state index is 12.5. The van der Waals surface area contributed by atoms with Crippen LogP contribution in [0.3, 0.4) is 0 Å². The molecule has 6 nitrogen and oxygen atoms in total. The fraction of sp³-hybridized carbons (Fsp3) is 0.263. The van der Waals surface area contributed by atoms with Crippen molar-refractivity contribution in [2.45, 2.75) is 30.8 Å². The molecule has 1 atom stereocenters. The second-order valence-corrected chi connectivity index (χ2v) is 6.52. The molecular formula is C19H20N4O2S. The quantitative estimate of drug-likeness (QED) is 0.467. The Hall–Kier alpha value is -2.67. The van der Waals surface area contributed by atoms with Gasteiger partial charge < -0.3 is 9.30 Å². The first-order chi connectivity index (χ1) is 12.7. The van der Waals surface area contributed by atoms with Crippen molar-refractivity contribution in [3.8, 4) is 11.4 Å². The summed E-state index contributed by atoms with van der Waals surface area (Å²) in [6.07, 6.45) is 3.45. The highest BCUT2D eigenvalue weighted by molar-refractivity contribution is 8.00. The number of carbonyl (C=O) groups excluding carboxylic acids is 1. The van der Waals surface area contributed by atoms with E-state index >= 15 is 0 Å². The van der Waals surface area contributed by atoms with E-state index in [1.54, 1.807) is 19.3 Å². The average molecular weight is 368 g/mol. The molecule has 0 fully saturated rings. The van der Waals surface area contributed by atoms with Crippen molar-refractivity contribution in [1.29, 1.82) is 0 Å². The smallest absolute Gasteiger partial charge is 0.324 e. The Morgan fingerprint density at radius 2 is 1.85 bits per heavy atom. The number of thioether (sulfide) groups is 1. The molecule has 3 rings (SSSR count). The number of benzene rings is 1. The van der Waals surface area contributed by atoms with Crippen LogP contribution in [0.4, 0.5) is 0 Å². The normalized spacial score (nSPS) is 11.9. The van der Waals surface area contributed by atoms with E-state index in [9.17, 15) is 4.79 Å². The number of esters is 1. The van der Waals surface area contributed by atoms with Gasteiger partial charge in [0.15, 0.2) is 11.0 Å². The molecule has 0 aliphatic rings. The van der Waals surface area contributed by atoms with E-state index < -0.39 is 5.25 Å². The highest BCUT2D eigenvalue weighted by Crippen LogP contribution is 2.36. The van der Waals surface area contributed by atoms with Gasteiger partial charge in [0.05, 0.1) is 6.61 Å². The number of rotatable bonds is 7. The predicted molar refractivity (Wildman–Crippen MR) is 101 cm³/mol. The van der Waals surface area contributed by atoms with Crippen molar-refractivity contribution in [2.75, 3.05) is 6.61 Å². The molecule has 3 aromatic rings. The van der Waals surface area contributed by atoms with Gasteiger partial charge in [-0.3, -0.25) is 9.78 Å². The summed E-state index contributed by atoms with van der Waals surface area (Å²) in [6.45, 7) is 4.86. The highest BCUT2D eigenvalue weighted by atomic mass is 32.2. The summed E-state index contributed by atoms with van der Waals surface area (Å²) in [6, 6.07) is 13.4. The minimum absolute atomic E-state index is 0.278. The zero-order chi connectivity index (χ0) is 18.4. The van der Waals surface area contributed by atoms with Crippen LogP contribution in [0.15, 0.2) is 60.0 Å². The maximum Gasteiger partial charge on any atom is 0.324 e. The molecule has 26 heavy (non-hydrogen) atoms. The molecule has 0 saturated heterocycles. The maximum atomic E-state index is 12.5. The lowest BCUT2D eigenvalue weighted by atomic mass is 10.1. The summed E-state index contributed by atoms with van der Waals surface area (Å²) in [7, 11) is 0. The lowest BCUT2D eigenvalue weighted by molar-refractivity contribution is -0.142. The third-order valence-electron chi connectivity index (χ3n) is 3.80. The number of carbonyl (C=O) groups is 1. The lowest BCUT2D eigenvalue weighted by Gasteiger charge is -2.15. The Morgan fingerprint density at radius 3 is 2.50 bits per heavy atom. The number of ether oxygens (including phenoxy) is 1. The molecule has 0 N–H and O–H groups in total. The number of hydrogen-bond acceptors (Lipinski definition) is 6. The Kier molecular flexibility index (Phi) is 6.01. The molecule has 0 aliphatic heterocycles. The number of aromatic nitrogens is 4. The predicted octanol–water partition coefficient (Wildman–Crippen LogP) is 3.76. The fourth-order valence-electron chi connectivity index (χ4n) is 2.58. The second kappa shape index (κ2) is 8.62. The average Bonchev–Trinajstić information content (AvgIpc) is 3.10. The monoisotopic (exact) mass is 368 g/mol. The molecule has 0 bridgehead atoms. The van der Waals surface area contributed by atoms with Gasteiger partial charge in [-0.15, -0.1) is 10.2 Å². The van der Waals surface area contributed by atoms with E-state index in [1.807, 2.05) is 54.0 Å². The Morgan fingerprint density at radius 1 is 1.12 bits per heavy atom. The number of nitrogens with zero attached hydrogens (tertiary/aromatic N) is 4. The van der Waals surface area contributed by atoms with Gasteiger partial charge in [0, 0.05) is 24.5 Å². The van der Waals surface area contributed by atoms with Crippen LogP contribution in [0.1, 0.15) is 24.7 Å². The fourth-order valence-corrected chi connectivity index (χ4v) is 3.68. The molecule has 0 aliphatic carbocycles. The van der Waals surface area contributed by atoms with E-state index in [-0.39, 0.29) is 5.97 Å². The molecular weight excluding hydrogens is 348 g/mol. The molecule has 1 unspecified atom stereocenters. The van der Waals surface area contributed by atoms with Gasteiger partial charge in [0.1, 0.15) is 5.25 Å². The summed E-state index contributed by atoms with van der Waals surface area (Å²) in [5.41, 5.74) is 1.82. The molecule has 0 spiro atoms.